The molecule has 0 saturated carbocycles. The lowest BCUT2D eigenvalue weighted by atomic mass is 10.3. The van der Waals surface area contributed by atoms with E-state index in [4.69, 9.17) is 9.47 Å². The van der Waals surface area contributed by atoms with Crippen LogP contribution >= 0.6 is 11.3 Å². The Hall–Kier alpha value is -0.420. The minimum Gasteiger partial charge on any atom is -0.378 e. The first-order valence-corrected chi connectivity index (χ1v) is 7.04. The normalized spacial score (nSPS) is 13.2. The average molecular weight is 257 g/mol. The molecule has 0 radical (unpaired) electrons. The van der Waals surface area contributed by atoms with Gasteiger partial charge in [0.05, 0.1) is 25.9 Å². The summed E-state index contributed by atoms with van der Waals surface area (Å²) < 4.78 is 10.9. The van der Waals surface area contributed by atoms with Crippen molar-refractivity contribution < 1.29 is 9.47 Å². The van der Waals surface area contributed by atoms with Gasteiger partial charge in [0, 0.05) is 17.5 Å². The Morgan fingerprint density at radius 2 is 2.06 bits per heavy atom. The number of hydrogen-bond acceptors (Lipinski definition) is 4. The molecular weight excluding hydrogens is 234 g/mol. The van der Waals surface area contributed by atoms with Crippen LogP contribution in [0.4, 0.5) is 0 Å². The van der Waals surface area contributed by atoms with E-state index in [1.807, 2.05) is 13.8 Å². The SMILES string of the molecule is CC(C)OCCOCCNC(C)c1cccs1. The van der Waals surface area contributed by atoms with Gasteiger partial charge in [-0.15, -0.1) is 11.3 Å². The molecule has 1 aromatic heterocycles. The van der Waals surface area contributed by atoms with Gasteiger partial charge in [-0.2, -0.15) is 0 Å². The van der Waals surface area contributed by atoms with E-state index in [1.54, 1.807) is 11.3 Å². The fraction of sp³-hybridized carbons (Fsp3) is 0.692. The fourth-order valence-corrected chi connectivity index (χ4v) is 2.19. The molecule has 1 N–H and O–H groups in total. The highest BCUT2D eigenvalue weighted by molar-refractivity contribution is 7.10. The lowest BCUT2D eigenvalue weighted by Crippen LogP contribution is -2.23. The van der Waals surface area contributed by atoms with Crippen molar-refractivity contribution in [3.05, 3.63) is 22.4 Å². The van der Waals surface area contributed by atoms with Crippen molar-refractivity contribution in [2.45, 2.75) is 32.9 Å². The molecule has 1 aromatic rings. The van der Waals surface area contributed by atoms with Gasteiger partial charge in [-0.25, -0.2) is 0 Å². The summed E-state index contributed by atoms with van der Waals surface area (Å²) in [6.07, 6.45) is 0.288. The van der Waals surface area contributed by atoms with Gasteiger partial charge in [0.1, 0.15) is 0 Å². The highest BCUT2D eigenvalue weighted by Gasteiger charge is 2.04. The van der Waals surface area contributed by atoms with Crippen molar-refractivity contribution >= 4 is 11.3 Å². The van der Waals surface area contributed by atoms with Crippen LogP contribution in [0.2, 0.25) is 0 Å². The molecule has 98 valence electrons. The van der Waals surface area contributed by atoms with Crippen molar-refractivity contribution in [1.82, 2.24) is 5.32 Å². The number of ether oxygens (including phenoxy) is 2. The van der Waals surface area contributed by atoms with Crippen LogP contribution in [-0.4, -0.2) is 32.5 Å². The largest absolute Gasteiger partial charge is 0.378 e. The molecule has 1 rings (SSSR count). The summed E-state index contributed by atoms with van der Waals surface area (Å²) in [6, 6.07) is 4.64. The van der Waals surface area contributed by atoms with Gasteiger partial charge in [-0.3, -0.25) is 0 Å². The van der Waals surface area contributed by atoms with Crippen LogP contribution in [0.3, 0.4) is 0 Å². The molecule has 0 aliphatic heterocycles. The first-order valence-electron chi connectivity index (χ1n) is 6.16. The molecule has 0 aliphatic rings. The molecule has 0 saturated heterocycles. The van der Waals surface area contributed by atoms with E-state index in [1.165, 1.54) is 4.88 Å². The molecule has 0 spiro atoms. The summed E-state index contributed by atoms with van der Waals surface area (Å²) in [4.78, 5) is 1.37. The smallest absolute Gasteiger partial charge is 0.0703 e. The van der Waals surface area contributed by atoms with E-state index in [0.717, 1.165) is 13.2 Å². The summed E-state index contributed by atoms with van der Waals surface area (Å²) in [5, 5.41) is 5.53. The zero-order valence-electron chi connectivity index (χ0n) is 10.9. The van der Waals surface area contributed by atoms with Crippen molar-refractivity contribution in [3.8, 4) is 0 Å². The second-order valence-corrected chi connectivity index (χ2v) is 5.20. The Morgan fingerprint density at radius 1 is 1.24 bits per heavy atom. The van der Waals surface area contributed by atoms with Crippen LogP contribution < -0.4 is 5.32 Å². The molecule has 0 amide bonds. The highest BCUT2D eigenvalue weighted by atomic mass is 32.1. The van der Waals surface area contributed by atoms with Crippen LogP contribution in [0.25, 0.3) is 0 Å². The number of nitrogens with one attached hydrogen (secondary N) is 1. The molecule has 3 nitrogen and oxygen atoms in total. The predicted octanol–water partition coefficient (Wildman–Crippen LogP) is 2.84. The monoisotopic (exact) mass is 257 g/mol. The van der Waals surface area contributed by atoms with Gasteiger partial charge in [0.2, 0.25) is 0 Å². The standard InChI is InChI=1S/C13H23NO2S/c1-11(2)16-9-8-15-7-6-14-12(3)13-5-4-10-17-13/h4-5,10-12,14H,6-9H2,1-3H3. The van der Waals surface area contributed by atoms with Gasteiger partial charge in [-0.1, -0.05) is 6.07 Å². The van der Waals surface area contributed by atoms with Crippen LogP contribution in [0.5, 0.6) is 0 Å². The first kappa shape index (κ1) is 14.6. The van der Waals surface area contributed by atoms with E-state index < -0.39 is 0 Å². The molecule has 0 fully saturated rings. The third-order valence-corrected chi connectivity index (χ3v) is 3.40. The zero-order valence-corrected chi connectivity index (χ0v) is 11.8. The van der Waals surface area contributed by atoms with Crippen LogP contribution in [0, 0.1) is 0 Å². The Morgan fingerprint density at radius 3 is 2.71 bits per heavy atom. The van der Waals surface area contributed by atoms with Crippen LogP contribution in [-0.2, 0) is 9.47 Å². The lowest BCUT2D eigenvalue weighted by Gasteiger charge is -2.12. The van der Waals surface area contributed by atoms with Gasteiger partial charge in [0.15, 0.2) is 0 Å². The number of hydrogen-bond donors (Lipinski definition) is 1. The maximum absolute atomic E-state index is 5.47. The lowest BCUT2D eigenvalue weighted by molar-refractivity contribution is 0.0201. The molecule has 0 bridgehead atoms. The van der Waals surface area contributed by atoms with Crippen molar-refractivity contribution in [1.29, 1.82) is 0 Å². The molecular formula is C13H23NO2S. The molecule has 4 heteroatoms. The Kier molecular flexibility index (Phi) is 7.44. The maximum Gasteiger partial charge on any atom is 0.0703 e. The second kappa shape index (κ2) is 8.64. The predicted molar refractivity (Wildman–Crippen MR) is 72.6 cm³/mol. The summed E-state index contributed by atoms with van der Waals surface area (Å²) >= 11 is 1.78. The second-order valence-electron chi connectivity index (χ2n) is 4.22. The third kappa shape index (κ3) is 6.78. The Bertz CT molecular complexity index is 275. The van der Waals surface area contributed by atoms with Crippen molar-refractivity contribution in [2.75, 3.05) is 26.4 Å². The molecule has 1 atom stereocenters. The van der Waals surface area contributed by atoms with Crippen molar-refractivity contribution in [2.24, 2.45) is 0 Å². The molecule has 0 aliphatic carbocycles. The van der Waals surface area contributed by atoms with E-state index in [-0.39, 0.29) is 6.10 Å². The topological polar surface area (TPSA) is 30.5 Å². The molecule has 1 unspecified atom stereocenters. The minimum atomic E-state index is 0.288. The maximum atomic E-state index is 5.47. The van der Waals surface area contributed by atoms with E-state index in [2.05, 4.69) is 29.8 Å². The third-order valence-electron chi connectivity index (χ3n) is 2.35. The number of thiophene rings is 1. The van der Waals surface area contributed by atoms with Crippen LogP contribution in [0.15, 0.2) is 17.5 Å². The Labute approximate surface area is 108 Å². The van der Waals surface area contributed by atoms with Gasteiger partial charge in [0.25, 0.3) is 0 Å². The summed E-state index contributed by atoms with van der Waals surface area (Å²) in [5.74, 6) is 0. The van der Waals surface area contributed by atoms with Crippen molar-refractivity contribution in [3.63, 3.8) is 0 Å². The molecule has 1 heterocycles. The van der Waals surface area contributed by atoms with E-state index in [0.29, 0.717) is 19.3 Å². The van der Waals surface area contributed by atoms with Crippen LogP contribution in [0.1, 0.15) is 31.7 Å². The fourth-order valence-electron chi connectivity index (χ4n) is 1.43. The first-order chi connectivity index (χ1) is 8.20. The highest BCUT2D eigenvalue weighted by Crippen LogP contribution is 2.17. The Balaban J connectivity index is 1.94. The zero-order chi connectivity index (χ0) is 12.5. The minimum absolute atomic E-state index is 0.288. The van der Waals surface area contributed by atoms with Gasteiger partial charge >= 0.3 is 0 Å². The molecule has 0 aromatic carbocycles. The number of rotatable bonds is 9. The van der Waals surface area contributed by atoms with E-state index in [9.17, 15) is 0 Å². The van der Waals surface area contributed by atoms with Gasteiger partial charge < -0.3 is 14.8 Å². The summed E-state index contributed by atoms with van der Waals surface area (Å²) in [5.41, 5.74) is 0. The van der Waals surface area contributed by atoms with Gasteiger partial charge in [-0.05, 0) is 32.2 Å². The van der Waals surface area contributed by atoms with E-state index >= 15 is 0 Å². The summed E-state index contributed by atoms with van der Waals surface area (Å²) in [6.45, 7) is 9.20. The quantitative estimate of drug-likeness (QED) is 0.690. The summed E-state index contributed by atoms with van der Waals surface area (Å²) in [7, 11) is 0. The average Bonchev–Trinajstić information content (AvgIpc) is 2.80. The molecule has 17 heavy (non-hydrogen) atoms.